The van der Waals surface area contributed by atoms with E-state index in [9.17, 15) is 8.42 Å². The Morgan fingerprint density at radius 1 is 1.07 bits per heavy atom. The number of nitrogens with one attached hydrogen (secondary N) is 2. The van der Waals surface area contributed by atoms with Crippen LogP contribution in [-0.4, -0.2) is 32.5 Å². The van der Waals surface area contributed by atoms with Gasteiger partial charge in [0.2, 0.25) is 10.0 Å². The first kappa shape index (κ1) is 19.5. The molecule has 0 bridgehead atoms. The fourth-order valence-electron chi connectivity index (χ4n) is 3.03. The molecule has 2 aromatic carbocycles. The van der Waals surface area contributed by atoms with Gasteiger partial charge in [-0.2, -0.15) is 0 Å². The molecule has 6 heteroatoms. The molecule has 0 amide bonds. The predicted molar refractivity (Wildman–Crippen MR) is 109 cm³/mol. The molecule has 1 aromatic heterocycles. The predicted octanol–water partition coefficient (Wildman–Crippen LogP) is 3.04. The van der Waals surface area contributed by atoms with Crippen molar-refractivity contribution < 1.29 is 8.42 Å². The molecule has 0 aliphatic rings. The quantitative estimate of drug-likeness (QED) is 0.587. The van der Waals surface area contributed by atoms with E-state index >= 15 is 0 Å². The molecular weight excluding hydrogens is 358 g/mol. The Morgan fingerprint density at radius 3 is 2.63 bits per heavy atom. The third-order valence-electron chi connectivity index (χ3n) is 4.48. The van der Waals surface area contributed by atoms with Crippen molar-refractivity contribution in [1.29, 1.82) is 0 Å². The van der Waals surface area contributed by atoms with E-state index in [0.717, 1.165) is 29.3 Å². The molecule has 27 heavy (non-hydrogen) atoms. The number of rotatable bonds is 8. The molecule has 0 aliphatic carbocycles. The molecule has 1 heterocycles. The molecule has 0 saturated heterocycles. The number of fused-ring (bicyclic) bond motifs is 1. The zero-order chi connectivity index (χ0) is 19.3. The van der Waals surface area contributed by atoms with Gasteiger partial charge in [0.1, 0.15) is 0 Å². The van der Waals surface area contributed by atoms with E-state index < -0.39 is 10.0 Å². The molecule has 3 aromatic rings. The lowest BCUT2D eigenvalue weighted by atomic mass is 10.1. The maximum Gasteiger partial charge on any atom is 0.240 e. The Bertz CT molecular complexity index is 1000. The average molecular weight is 384 g/mol. The molecule has 0 radical (unpaired) electrons. The van der Waals surface area contributed by atoms with Crippen molar-refractivity contribution in [2.24, 2.45) is 0 Å². The number of aromatic nitrogens is 1. The fourth-order valence-corrected chi connectivity index (χ4v) is 4.30. The van der Waals surface area contributed by atoms with Crippen LogP contribution >= 0.6 is 0 Å². The van der Waals surface area contributed by atoms with Gasteiger partial charge in [-0.1, -0.05) is 36.4 Å². The summed E-state index contributed by atoms with van der Waals surface area (Å²) in [5, 5.41) is 5.15. The first-order valence-electron chi connectivity index (χ1n) is 9.07. The molecule has 0 unspecified atom stereocenters. The molecule has 5 nitrogen and oxygen atoms in total. The lowest BCUT2D eigenvalue weighted by molar-refractivity contribution is 0.537. The summed E-state index contributed by atoms with van der Waals surface area (Å²) >= 11 is 0. The van der Waals surface area contributed by atoms with Gasteiger partial charge in [-0.3, -0.25) is 4.98 Å². The molecule has 3 rings (SSSR count). The number of aryl methyl sites for hydroxylation is 1. The zero-order valence-corrected chi connectivity index (χ0v) is 16.5. The summed E-state index contributed by atoms with van der Waals surface area (Å²) < 4.78 is 28.1. The maximum absolute atomic E-state index is 12.7. The fraction of sp³-hybridized carbons (Fsp3) is 0.286. The van der Waals surface area contributed by atoms with Crippen LogP contribution in [0.15, 0.2) is 65.8 Å². The van der Waals surface area contributed by atoms with Crippen LogP contribution in [0, 0.1) is 6.92 Å². The minimum absolute atomic E-state index is 0.208. The first-order chi connectivity index (χ1) is 13.0. The van der Waals surface area contributed by atoms with Crippen LogP contribution in [0.3, 0.4) is 0 Å². The number of sulfonamides is 1. The topological polar surface area (TPSA) is 71.1 Å². The minimum Gasteiger partial charge on any atom is -0.315 e. The van der Waals surface area contributed by atoms with Gasteiger partial charge in [-0.25, -0.2) is 13.1 Å². The number of nitrogens with zero attached hydrogens (tertiary/aromatic N) is 1. The zero-order valence-electron chi connectivity index (χ0n) is 15.6. The van der Waals surface area contributed by atoms with Crippen LogP contribution in [0.2, 0.25) is 0 Å². The summed E-state index contributed by atoms with van der Waals surface area (Å²) in [5.41, 5.74) is 2.22. The molecule has 142 valence electrons. The Kier molecular flexibility index (Phi) is 6.21. The Morgan fingerprint density at radius 2 is 1.85 bits per heavy atom. The second-order valence-corrected chi connectivity index (χ2v) is 8.52. The van der Waals surface area contributed by atoms with Crippen molar-refractivity contribution in [3.8, 4) is 0 Å². The van der Waals surface area contributed by atoms with E-state index in [1.807, 2.05) is 32.0 Å². The van der Waals surface area contributed by atoms with Crippen molar-refractivity contribution in [3.63, 3.8) is 0 Å². The third-order valence-corrected chi connectivity index (χ3v) is 6.07. The highest BCUT2D eigenvalue weighted by Gasteiger charge is 2.18. The average Bonchev–Trinajstić information content (AvgIpc) is 2.66. The summed E-state index contributed by atoms with van der Waals surface area (Å²) in [5.74, 6) is 0. The summed E-state index contributed by atoms with van der Waals surface area (Å²) in [6.45, 7) is 5.17. The lowest BCUT2D eigenvalue weighted by Crippen LogP contribution is -2.40. The van der Waals surface area contributed by atoms with Crippen LogP contribution in [0.1, 0.15) is 18.1 Å². The first-order valence-corrected chi connectivity index (χ1v) is 10.6. The summed E-state index contributed by atoms with van der Waals surface area (Å²) in [6.07, 6.45) is 4.40. The number of hydrogen-bond donors (Lipinski definition) is 2. The smallest absolute Gasteiger partial charge is 0.240 e. The highest BCUT2D eigenvalue weighted by atomic mass is 32.2. The van der Waals surface area contributed by atoms with Crippen molar-refractivity contribution in [2.75, 3.05) is 13.1 Å². The molecular formula is C21H25N3O2S. The van der Waals surface area contributed by atoms with E-state index in [4.69, 9.17) is 0 Å². The monoisotopic (exact) mass is 383 g/mol. The number of benzene rings is 2. The van der Waals surface area contributed by atoms with Crippen molar-refractivity contribution in [2.45, 2.75) is 31.2 Å². The Labute approximate surface area is 160 Å². The van der Waals surface area contributed by atoms with Gasteiger partial charge in [-0.15, -0.1) is 0 Å². The van der Waals surface area contributed by atoms with Gasteiger partial charge in [0.15, 0.2) is 0 Å². The molecule has 0 aliphatic heterocycles. The second-order valence-electron chi connectivity index (χ2n) is 6.80. The van der Waals surface area contributed by atoms with E-state index in [0.29, 0.717) is 6.54 Å². The summed E-state index contributed by atoms with van der Waals surface area (Å²) in [7, 11) is -3.57. The van der Waals surface area contributed by atoms with Gasteiger partial charge >= 0.3 is 0 Å². The van der Waals surface area contributed by atoms with Crippen molar-refractivity contribution >= 4 is 20.8 Å². The van der Waals surface area contributed by atoms with E-state index in [2.05, 4.69) is 27.2 Å². The van der Waals surface area contributed by atoms with Crippen molar-refractivity contribution in [3.05, 3.63) is 72.1 Å². The lowest BCUT2D eigenvalue weighted by Gasteiger charge is -2.15. The van der Waals surface area contributed by atoms with Crippen LogP contribution in [-0.2, 0) is 16.4 Å². The van der Waals surface area contributed by atoms with Gasteiger partial charge in [-0.05, 0) is 55.5 Å². The standard InChI is InChI=1S/C21H25N3O2S/c1-16-13-23-15-19-8-9-20(12-21(16)19)27(25,26)24-17(2)14-22-11-10-18-6-4-3-5-7-18/h3-9,12-13,15,17,22,24H,10-11,14H2,1-2H3/t17-/m1/s1. The molecule has 0 saturated carbocycles. The SMILES string of the molecule is Cc1cncc2ccc(S(=O)(=O)N[C@H](C)CNCCc3ccccc3)cc12. The molecule has 1 atom stereocenters. The van der Waals surface area contributed by atoms with Gasteiger partial charge < -0.3 is 5.32 Å². The maximum atomic E-state index is 12.7. The van der Waals surface area contributed by atoms with Crippen LogP contribution in [0.5, 0.6) is 0 Å². The van der Waals surface area contributed by atoms with Crippen LogP contribution < -0.4 is 10.0 Å². The third kappa shape index (κ3) is 5.13. The minimum atomic E-state index is -3.57. The Hall–Kier alpha value is -2.28. The van der Waals surface area contributed by atoms with Gasteiger partial charge in [0, 0.05) is 30.4 Å². The van der Waals surface area contributed by atoms with E-state index in [1.165, 1.54) is 5.56 Å². The number of hydrogen-bond acceptors (Lipinski definition) is 4. The van der Waals surface area contributed by atoms with Gasteiger partial charge in [0.25, 0.3) is 0 Å². The highest BCUT2D eigenvalue weighted by molar-refractivity contribution is 7.89. The van der Waals surface area contributed by atoms with Crippen LogP contribution in [0.25, 0.3) is 10.8 Å². The summed E-state index contributed by atoms with van der Waals surface area (Å²) in [6, 6.07) is 15.1. The van der Waals surface area contributed by atoms with Crippen molar-refractivity contribution in [1.82, 2.24) is 15.0 Å². The normalized spacial score (nSPS) is 13.0. The van der Waals surface area contributed by atoms with E-state index in [1.54, 1.807) is 30.6 Å². The number of pyridine rings is 1. The second kappa shape index (κ2) is 8.61. The summed E-state index contributed by atoms with van der Waals surface area (Å²) in [4.78, 5) is 4.42. The molecule has 0 fully saturated rings. The van der Waals surface area contributed by atoms with Crippen LogP contribution in [0.4, 0.5) is 0 Å². The molecule has 2 N–H and O–H groups in total. The van der Waals surface area contributed by atoms with E-state index in [-0.39, 0.29) is 10.9 Å². The Balaban J connectivity index is 1.58. The molecule has 0 spiro atoms. The van der Waals surface area contributed by atoms with Gasteiger partial charge in [0.05, 0.1) is 4.90 Å². The largest absolute Gasteiger partial charge is 0.315 e. The highest BCUT2D eigenvalue weighted by Crippen LogP contribution is 2.21.